The molecule has 0 atom stereocenters. The summed E-state index contributed by atoms with van der Waals surface area (Å²) in [4.78, 5) is 21.0. The van der Waals surface area contributed by atoms with Crippen LogP contribution >= 0.6 is 0 Å². The van der Waals surface area contributed by atoms with E-state index < -0.39 is 8.07 Å². The Morgan fingerprint density at radius 2 is 1.00 bits per heavy atom. The van der Waals surface area contributed by atoms with Crippen molar-refractivity contribution in [2.75, 3.05) is 0 Å². The summed E-state index contributed by atoms with van der Waals surface area (Å²) in [7, 11) is -3.14. The van der Waals surface area contributed by atoms with Crippen LogP contribution in [-0.4, -0.2) is 32.6 Å². The number of hydrogen-bond donors (Lipinski definition) is 0. The maximum Gasteiger partial charge on any atom is 0.226 e. The lowest BCUT2D eigenvalue weighted by Gasteiger charge is -2.33. The SMILES string of the molecule is c1ccc([Si](c2ccccc2)(c2ccccc2)c2nc(-c3cccnc3)c(-c3ccccn3)c(-n3c4ccccc4c4ccccc43)n2)cc1. The van der Waals surface area contributed by atoms with E-state index in [-0.39, 0.29) is 0 Å². The van der Waals surface area contributed by atoms with Crippen molar-refractivity contribution in [3.63, 3.8) is 0 Å². The van der Waals surface area contributed by atoms with Crippen molar-refractivity contribution in [1.82, 2.24) is 24.5 Å². The lowest BCUT2D eigenvalue weighted by molar-refractivity contribution is 1.06. The van der Waals surface area contributed by atoms with Crippen LogP contribution in [0.4, 0.5) is 0 Å². The van der Waals surface area contributed by atoms with Crippen LogP contribution in [0.1, 0.15) is 0 Å². The molecule has 0 N–H and O–H groups in total. The van der Waals surface area contributed by atoms with E-state index in [0.29, 0.717) is 0 Å². The largest absolute Gasteiger partial charge is 0.293 e. The molecule has 0 spiro atoms. The van der Waals surface area contributed by atoms with Crippen molar-refractivity contribution < 1.29 is 0 Å². The second-order valence-corrected chi connectivity index (χ2v) is 15.9. The zero-order valence-electron chi connectivity index (χ0n) is 27.1. The summed E-state index contributed by atoms with van der Waals surface area (Å²) >= 11 is 0. The summed E-state index contributed by atoms with van der Waals surface area (Å²) in [6, 6.07) is 59.6. The fourth-order valence-corrected chi connectivity index (χ4v) is 11.7. The third-order valence-corrected chi connectivity index (χ3v) is 14.0. The van der Waals surface area contributed by atoms with Gasteiger partial charge in [0.1, 0.15) is 5.45 Å². The first-order chi connectivity index (χ1) is 24.8. The van der Waals surface area contributed by atoms with E-state index in [9.17, 15) is 0 Å². The number of benzene rings is 5. The smallest absolute Gasteiger partial charge is 0.226 e. The Labute approximate surface area is 291 Å². The molecule has 0 unspecified atom stereocenters. The lowest BCUT2D eigenvalue weighted by atomic mass is 10.0. The molecule has 5 nitrogen and oxygen atoms in total. The first kappa shape index (κ1) is 29.6. The van der Waals surface area contributed by atoms with Crippen LogP contribution in [0.25, 0.3) is 50.1 Å². The Hall–Kier alpha value is -6.50. The summed E-state index contributed by atoms with van der Waals surface area (Å²) < 4.78 is 2.31. The number of pyridine rings is 2. The first-order valence-corrected chi connectivity index (χ1v) is 18.7. The molecule has 0 radical (unpaired) electrons. The van der Waals surface area contributed by atoms with Crippen LogP contribution in [-0.2, 0) is 0 Å². The van der Waals surface area contributed by atoms with Crippen molar-refractivity contribution in [3.05, 3.63) is 188 Å². The van der Waals surface area contributed by atoms with Crippen LogP contribution in [0.3, 0.4) is 0 Å². The quantitative estimate of drug-likeness (QED) is 0.136. The highest BCUT2D eigenvalue weighted by Gasteiger charge is 2.45. The van der Waals surface area contributed by atoms with Gasteiger partial charge in [0.25, 0.3) is 0 Å². The van der Waals surface area contributed by atoms with Gasteiger partial charge in [-0.1, -0.05) is 133 Å². The summed E-state index contributed by atoms with van der Waals surface area (Å²) in [6.45, 7) is 0. The Morgan fingerprint density at radius 3 is 1.52 bits per heavy atom. The number of aromatic nitrogens is 5. The molecule has 50 heavy (non-hydrogen) atoms. The van der Waals surface area contributed by atoms with Gasteiger partial charge in [-0.2, -0.15) is 0 Å². The predicted octanol–water partition coefficient (Wildman–Crippen LogP) is 7.08. The zero-order chi connectivity index (χ0) is 33.3. The third kappa shape index (κ3) is 4.77. The maximum absolute atomic E-state index is 5.83. The number of nitrogens with zero attached hydrogens (tertiary/aromatic N) is 5. The molecule has 5 aromatic carbocycles. The van der Waals surface area contributed by atoms with Crippen molar-refractivity contribution in [2.24, 2.45) is 0 Å². The van der Waals surface area contributed by atoms with E-state index >= 15 is 0 Å². The molecule has 6 heteroatoms. The molecule has 0 fully saturated rings. The van der Waals surface area contributed by atoms with Gasteiger partial charge in [0.05, 0.1) is 28.0 Å². The maximum atomic E-state index is 5.83. The Kier molecular flexibility index (Phi) is 7.41. The van der Waals surface area contributed by atoms with Gasteiger partial charge in [-0.15, -0.1) is 0 Å². The van der Waals surface area contributed by atoms with Crippen molar-refractivity contribution in [2.45, 2.75) is 0 Å². The van der Waals surface area contributed by atoms with E-state index in [1.165, 1.54) is 15.6 Å². The fraction of sp³-hybridized carbons (Fsp3) is 0. The third-order valence-electron chi connectivity index (χ3n) is 9.49. The van der Waals surface area contributed by atoms with Gasteiger partial charge in [0.15, 0.2) is 5.82 Å². The minimum Gasteiger partial charge on any atom is -0.293 e. The molecule has 4 aromatic heterocycles. The van der Waals surface area contributed by atoms with Crippen molar-refractivity contribution in [3.8, 4) is 28.3 Å². The second-order valence-electron chi connectivity index (χ2n) is 12.3. The van der Waals surface area contributed by atoms with Crippen LogP contribution in [0.5, 0.6) is 0 Å². The molecule has 0 aliphatic carbocycles. The molecule has 9 aromatic rings. The normalized spacial score (nSPS) is 11.6. The molecule has 0 aliphatic heterocycles. The van der Waals surface area contributed by atoms with Crippen molar-refractivity contribution in [1.29, 1.82) is 0 Å². The highest BCUT2D eigenvalue weighted by Crippen LogP contribution is 2.38. The Morgan fingerprint density at radius 1 is 0.460 bits per heavy atom. The van der Waals surface area contributed by atoms with Crippen LogP contribution < -0.4 is 21.0 Å². The minimum atomic E-state index is -3.14. The molecule has 9 rings (SSSR count). The van der Waals surface area contributed by atoms with E-state index in [0.717, 1.165) is 55.6 Å². The van der Waals surface area contributed by atoms with E-state index in [1.54, 1.807) is 6.20 Å². The van der Waals surface area contributed by atoms with Gasteiger partial charge in [-0.05, 0) is 52.0 Å². The summed E-state index contributed by atoms with van der Waals surface area (Å²) in [5, 5.41) is 5.93. The highest BCUT2D eigenvalue weighted by atomic mass is 28.3. The molecular formula is C44H31N5Si. The Balaban J connectivity index is 1.52. The number of para-hydroxylation sites is 2. The van der Waals surface area contributed by atoms with Crippen LogP contribution in [0, 0.1) is 0 Å². The number of fused-ring (bicyclic) bond motifs is 3. The van der Waals surface area contributed by atoms with Crippen LogP contribution in [0.2, 0.25) is 0 Å². The summed E-state index contributed by atoms with van der Waals surface area (Å²) in [6.07, 6.45) is 5.53. The number of hydrogen-bond acceptors (Lipinski definition) is 4. The van der Waals surface area contributed by atoms with E-state index in [2.05, 4.69) is 155 Å². The summed E-state index contributed by atoms with van der Waals surface area (Å²) in [5.41, 5.74) is 6.26. The van der Waals surface area contributed by atoms with Crippen molar-refractivity contribution >= 4 is 50.9 Å². The van der Waals surface area contributed by atoms with Gasteiger partial charge >= 0.3 is 0 Å². The predicted molar refractivity (Wildman–Crippen MR) is 206 cm³/mol. The molecule has 0 bridgehead atoms. The molecular weight excluding hydrogens is 627 g/mol. The topological polar surface area (TPSA) is 56.5 Å². The zero-order valence-corrected chi connectivity index (χ0v) is 28.1. The van der Waals surface area contributed by atoms with Gasteiger partial charge in [0, 0.05) is 34.9 Å². The number of rotatable bonds is 7. The fourth-order valence-electron chi connectivity index (χ4n) is 7.34. The highest BCUT2D eigenvalue weighted by molar-refractivity contribution is 7.19. The van der Waals surface area contributed by atoms with E-state index in [4.69, 9.17) is 15.0 Å². The van der Waals surface area contributed by atoms with Crippen LogP contribution in [0.15, 0.2) is 188 Å². The molecule has 236 valence electrons. The monoisotopic (exact) mass is 657 g/mol. The first-order valence-electron chi connectivity index (χ1n) is 16.7. The lowest BCUT2D eigenvalue weighted by Crippen LogP contribution is -2.76. The van der Waals surface area contributed by atoms with Gasteiger partial charge < -0.3 is 0 Å². The molecule has 0 aliphatic rings. The Bertz CT molecular complexity index is 2420. The molecule has 4 heterocycles. The summed E-state index contributed by atoms with van der Waals surface area (Å²) in [5.74, 6) is 0.782. The second kappa shape index (κ2) is 12.5. The van der Waals surface area contributed by atoms with Gasteiger partial charge in [-0.3, -0.25) is 14.5 Å². The molecule has 0 saturated carbocycles. The molecule has 0 amide bonds. The van der Waals surface area contributed by atoms with E-state index in [1.807, 2.05) is 36.7 Å². The van der Waals surface area contributed by atoms with Gasteiger partial charge in [-0.25, -0.2) is 9.97 Å². The van der Waals surface area contributed by atoms with Gasteiger partial charge in [0.2, 0.25) is 8.07 Å². The molecule has 0 saturated heterocycles. The standard InChI is InChI=1S/C44H31N5Si/c1-4-18-33(19-5-1)50(34-20-6-2-7-21-34,35-22-8-3-9-23-35)44-47-42(32-17-16-29-45-31-32)41(38-26-14-15-30-46-38)43(48-44)49-39-27-12-10-24-36(39)37-25-11-13-28-40(37)49/h1-31H. The average Bonchev–Trinajstić information content (AvgIpc) is 3.54. The minimum absolute atomic E-state index is 0.782. The average molecular weight is 658 g/mol.